The molecule has 1 amide bonds. The van der Waals surface area contributed by atoms with Gasteiger partial charge in [-0.15, -0.1) is 0 Å². The molecule has 0 spiro atoms. The van der Waals surface area contributed by atoms with Crippen LogP contribution in [0.15, 0.2) is 48.5 Å². The van der Waals surface area contributed by atoms with Gasteiger partial charge in [0.25, 0.3) is 5.91 Å². The normalized spacial score (nSPS) is 10.1. The van der Waals surface area contributed by atoms with Crippen molar-refractivity contribution in [2.45, 2.75) is 20.3 Å². The molecular weight excluding hydrogens is 250 g/mol. The molecule has 0 heterocycles. The van der Waals surface area contributed by atoms with Gasteiger partial charge in [-0.1, -0.05) is 37.3 Å². The molecule has 0 aliphatic heterocycles. The summed E-state index contributed by atoms with van der Waals surface area (Å²) in [6.07, 6.45) is 0.884. The van der Waals surface area contributed by atoms with E-state index < -0.39 is 0 Å². The number of aryl methyl sites for hydroxylation is 2. The molecule has 0 fully saturated rings. The first-order chi connectivity index (χ1) is 9.69. The van der Waals surface area contributed by atoms with E-state index in [4.69, 9.17) is 4.74 Å². The van der Waals surface area contributed by atoms with Crippen molar-refractivity contribution in [3.63, 3.8) is 0 Å². The monoisotopic (exact) mass is 269 g/mol. The van der Waals surface area contributed by atoms with Crippen LogP contribution >= 0.6 is 0 Å². The van der Waals surface area contributed by atoms with Gasteiger partial charge in [0.15, 0.2) is 6.61 Å². The summed E-state index contributed by atoms with van der Waals surface area (Å²) in [5, 5.41) is 2.88. The molecule has 2 rings (SSSR count). The third kappa shape index (κ3) is 3.85. The van der Waals surface area contributed by atoms with Gasteiger partial charge in [0.1, 0.15) is 5.75 Å². The molecular formula is C17H19NO2. The van der Waals surface area contributed by atoms with Crippen molar-refractivity contribution in [1.29, 1.82) is 0 Å². The molecule has 0 aromatic heterocycles. The molecule has 1 N–H and O–H groups in total. The van der Waals surface area contributed by atoms with E-state index in [1.54, 1.807) is 0 Å². The molecule has 0 saturated carbocycles. The van der Waals surface area contributed by atoms with E-state index in [1.165, 1.54) is 0 Å². The second-order valence-electron chi connectivity index (χ2n) is 4.66. The van der Waals surface area contributed by atoms with E-state index in [9.17, 15) is 4.79 Å². The van der Waals surface area contributed by atoms with E-state index >= 15 is 0 Å². The molecule has 0 aliphatic carbocycles. The predicted molar refractivity (Wildman–Crippen MR) is 81.1 cm³/mol. The number of benzene rings is 2. The number of hydrogen-bond donors (Lipinski definition) is 1. The number of rotatable bonds is 5. The van der Waals surface area contributed by atoms with Crippen LogP contribution in [0.4, 0.5) is 5.69 Å². The van der Waals surface area contributed by atoms with Crippen molar-refractivity contribution in [2.24, 2.45) is 0 Å². The molecule has 0 radical (unpaired) electrons. The maximum absolute atomic E-state index is 11.9. The van der Waals surface area contributed by atoms with E-state index in [0.717, 1.165) is 23.2 Å². The van der Waals surface area contributed by atoms with Crippen LogP contribution in [-0.4, -0.2) is 12.5 Å². The molecule has 104 valence electrons. The number of ether oxygens (including phenoxy) is 1. The van der Waals surface area contributed by atoms with Gasteiger partial charge in [-0.3, -0.25) is 4.79 Å². The molecule has 2 aromatic rings. The standard InChI is InChI=1S/C17H19NO2/c1-3-14-8-4-5-10-16(14)18-17(19)12-20-15-9-6-7-13(2)11-15/h4-11H,3,12H2,1-2H3,(H,18,19). The molecule has 3 nitrogen and oxygen atoms in total. The maximum Gasteiger partial charge on any atom is 0.262 e. The zero-order chi connectivity index (χ0) is 14.4. The average Bonchev–Trinajstić information content (AvgIpc) is 2.46. The van der Waals surface area contributed by atoms with E-state index in [-0.39, 0.29) is 12.5 Å². The number of carbonyl (C=O) groups is 1. The molecule has 0 aliphatic rings. The van der Waals surface area contributed by atoms with Crippen molar-refractivity contribution < 1.29 is 9.53 Å². The van der Waals surface area contributed by atoms with Crippen LogP contribution in [0.3, 0.4) is 0 Å². The van der Waals surface area contributed by atoms with Crippen molar-refractivity contribution in [3.05, 3.63) is 59.7 Å². The molecule has 2 aromatic carbocycles. The Morgan fingerprint density at radius 2 is 1.95 bits per heavy atom. The number of para-hydroxylation sites is 1. The average molecular weight is 269 g/mol. The van der Waals surface area contributed by atoms with Gasteiger partial charge >= 0.3 is 0 Å². The van der Waals surface area contributed by atoms with E-state index in [2.05, 4.69) is 12.2 Å². The van der Waals surface area contributed by atoms with Crippen molar-refractivity contribution in [2.75, 3.05) is 11.9 Å². The summed E-state index contributed by atoms with van der Waals surface area (Å²) in [6.45, 7) is 4.07. The van der Waals surface area contributed by atoms with Gasteiger partial charge in [-0.05, 0) is 42.7 Å². The highest BCUT2D eigenvalue weighted by atomic mass is 16.5. The SMILES string of the molecule is CCc1ccccc1NC(=O)COc1cccc(C)c1. The largest absolute Gasteiger partial charge is 0.484 e. The molecule has 0 saturated heterocycles. The Kier molecular flexibility index (Phi) is 4.77. The summed E-state index contributed by atoms with van der Waals surface area (Å²) in [5.41, 5.74) is 3.09. The third-order valence-corrected chi connectivity index (χ3v) is 3.03. The summed E-state index contributed by atoms with van der Waals surface area (Å²) in [6, 6.07) is 15.5. The highest BCUT2D eigenvalue weighted by Crippen LogP contribution is 2.16. The minimum atomic E-state index is -0.146. The van der Waals surface area contributed by atoms with Crippen LogP contribution in [0.5, 0.6) is 5.75 Å². The molecule has 0 atom stereocenters. The van der Waals surface area contributed by atoms with E-state index in [1.807, 2.05) is 55.5 Å². The van der Waals surface area contributed by atoms with Crippen LogP contribution in [0.25, 0.3) is 0 Å². The Morgan fingerprint density at radius 1 is 1.15 bits per heavy atom. The summed E-state index contributed by atoms with van der Waals surface area (Å²) < 4.78 is 5.48. The van der Waals surface area contributed by atoms with Crippen LogP contribution < -0.4 is 10.1 Å². The van der Waals surface area contributed by atoms with Crippen LogP contribution in [0.2, 0.25) is 0 Å². The topological polar surface area (TPSA) is 38.3 Å². The summed E-state index contributed by atoms with van der Waals surface area (Å²) in [4.78, 5) is 11.9. The van der Waals surface area contributed by atoms with Gasteiger partial charge in [-0.25, -0.2) is 0 Å². The molecule has 0 unspecified atom stereocenters. The first kappa shape index (κ1) is 14.1. The third-order valence-electron chi connectivity index (χ3n) is 3.03. The quantitative estimate of drug-likeness (QED) is 0.901. The van der Waals surface area contributed by atoms with Gasteiger partial charge < -0.3 is 10.1 Å². The van der Waals surface area contributed by atoms with Gasteiger partial charge in [0.2, 0.25) is 0 Å². The lowest BCUT2D eigenvalue weighted by molar-refractivity contribution is -0.118. The lowest BCUT2D eigenvalue weighted by Gasteiger charge is -2.10. The molecule has 3 heteroatoms. The fourth-order valence-corrected chi connectivity index (χ4v) is 1.99. The lowest BCUT2D eigenvalue weighted by Crippen LogP contribution is -2.20. The first-order valence-corrected chi connectivity index (χ1v) is 6.76. The van der Waals surface area contributed by atoms with Crippen LogP contribution in [-0.2, 0) is 11.2 Å². The first-order valence-electron chi connectivity index (χ1n) is 6.76. The second kappa shape index (κ2) is 6.75. The highest BCUT2D eigenvalue weighted by molar-refractivity contribution is 5.92. The second-order valence-corrected chi connectivity index (χ2v) is 4.66. The maximum atomic E-state index is 11.9. The Bertz CT molecular complexity index is 593. The minimum Gasteiger partial charge on any atom is -0.484 e. The minimum absolute atomic E-state index is 0.0154. The number of nitrogens with one attached hydrogen (secondary N) is 1. The zero-order valence-corrected chi connectivity index (χ0v) is 11.8. The van der Waals surface area contributed by atoms with Crippen molar-refractivity contribution >= 4 is 11.6 Å². The predicted octanol–water partition coefficient (Wildman–Crippen LogP) is 3.57. The Hall–Kier alpha value is -2.29. The molecule has 0 bridgehead atoms. The van der Waals surface area contributed by atoms with Gasteiger partial charge in [-0.2, -0.15) is 0 Å². The number of amides is 1. The Labute approximate surface area is 119 Å². The van der Waals surface area contributed by atoms with Gasteiger partial charge in [0.05, 0.1) is 0 Å². The van der Waals surface area contributed by atoms with Gasteiger partial charge in [0, 0.05) is 5.69 Å². The Morgan fingerprint density at radius 3 is 2.70 bits per heavy atom. The van der Waals surface area contributed by atoms with Crippen LogP contribution in [0.1, 0.15) is 18.1 Å². The van der Waals surface area contributed by atoms with E-state index in [0.29, 0.717) is 5.75 Å². The summed E-state index contributed by atoms with van der Waals surface area (Å²) >= 11 is 0. The lowest BCUT2D eigenvalue weighted by atomic mass is 10.1. The highest BCUT2D eigenvalue weighted by Gasteiger charge is 2.06. The van der Waals surface area contributed by atoms with Crippen molar-refractivity contribution in [1.82, 2.24) is 0 Å². The number of anilines is 1. The number of carbonyl (C=O) groups excluding carboxylic acids is 1. The van der Waals surface area contributed by atoms with Crippen molar-refractivity contribution in [3.8, 4) is 5.75 Å². The summed E-state index contributed by atoms with van der Waals surface area (Å²) in [7, 11) is 0. The fourth-order valence-electron chi connectivity index (χ4n) is 1.99. The Balaban J connectivity index is 1.93. The number of hydrogen-bond acceptors (Lipinski definition) is 2. The zero-order valence-electron chi connectivity index (χ0n) is 11.8. The summed E-state index contributed by atoms with van der Waals surface area (Å²) in [5.74, 6) is 0.566. The smallest absolute Gasteiger partial charge is 0.262 e. The van der Waals surface area contributed by atoms with Crippen LogP contribution in [0, 0.1) is 6.92 Å². The molecule has 20 heavy (non-hydrogen) atoms. The fraction of sp³-hybridized carbons (Fsp3) is 0.235.